The zero-order valence-corrected chi connectivity index (χ0v) is 10.1. The van der Waals surface area contributed by atoms with Gasteiger partial charge in [0, 0.05) is 11.6 Å². The Hall–Kier alpha value is -1.95. The van der Waals surface area contributed by atoms with Gasteiger partial charge in [-0.2, -0.15) is 0 Å². The summed E-state index contributed by atoms with van der Waals surface area (Å²) in [7, 11) is 0. The maximum atomic E-state index is 11.6. The average Bonchev–Trinajstić information content (AvgIpc) is 2.54. The minimum atomic E-state index is -1.03. The maximum Gasteiger partial charge on any atom is 0.272 e. The Kier molecular flexibility index (Phi) is 3.04. The highest BCUT2D eigenvalue weighted by atomic mass is 35.5. The molecular formula is C11H9ClN2O4. The molecule has 1 aliphatic rings. The number of benzene rings is 1. The molecule has 18 heavy (non-hydrogen) atoms. The highest BCUT2D eigenvalue weighted by Crippen LogP contribution is 2.31. The van der Waals surface area contributed by atoms with Gasteiger partial charge >= 0.3 is 0 Å². The number of aryl methyl sites for hydroxylation is 1. The summed E-state index contributed by atoms with van der Waals surface area (Å²) < 4.78 is 0. The Morgan fingerprint density at radius 1 is 1.33 bits per heavy atom. The number of rotatable bonds is 2. The molecule has 0 spiro atoms. The number of carbonyl (C=O) groups excluding carboxylic acids is 2. The van der Waals surface area contributed by atoms with Gasteiger partial charge in [0.15, 0.2) is 0 Å². The number of alkyl halides is 1. The molecule has 1 fully saturated rings. The minimum absolute atomic E-state index is 0.0940. The van der Waals surface area contributed by atoms with Crippen LogP contribution < -0.4 is 5.32 Å². The van der Waals surface area contributed by atoms with Crippen molar-refractivity contribution in [2.75, 3.05) is 0 Å². The minimum Gasteiger partial charge on any atom is -0.295 e. The first-order chi connectivity index (χ1) is 8.41. The number of amides is 2. The summed E-state index contributed by atoms with van der Waals surface area (Å²) in [5.74, 6) is -1.98. The molecule has 0 saturated carbocycles. The number of hydrogen-bond donors (Lipinski definition) is 1. The summed E-state index contributed by atoms with van der Waals surface area (Å²) in [4.78, 5) is 33.1. The van der Waals surface area contributed by atoms with Gasteiger partial charge in [0.1, 0.15) is 5.38 Å². The third kappa shape index (κ3) is 1.95. The highest BCUT2D eigenvalue weighted by molar-refractivity contribution is 6.37. The van der Waals surface area contributed by atoms with E-state index in [0.29, 0.717) is 11.1 Å². The van der Waals surface area contributed by atoms with Crippen LogP contribution >= 0.6 is 11.6 Å². The molecule has 6 nitrogen and oxygen atoms in total. The van der Waals surface area contributed by atoms with E-state index in [1.807, 2.05) is 0 Å². The molecule has 1 N–H and O–H groups in total. The number of nitrogens with one attached hydrogen (secondary N) is 1. The van der Waals surface area contributed by atoms with Crippen molar-refractivity contribution in [1.29, 1.82) is 0 Å². The van der Waals surface area contributed by atoms with Gasteiger partial charge < -0.3 is 0 Å². The molecule has 1 aromatic carbocycles. The maximum absolute atomic E-state index is 11.6. The molecule has 7 heteroatoms. The normalized spacial score (nSPS) is 23.0. The van der Waals surface area contributed by atoms with Crippen molar-refractivity contribution in [3.63, 3.8) is 0 Å². The molecule has 94 valence electrons. The lowest BCUT2D eigenvalue weighted by molar-refractivity contribution is -0.385. The van der Waals surface area contributed by atoms with Crippen LogP contribution in [0, 0.1) is 17.0 Å². The average molecular weight is 269 g/mol. The summed E-state index contributed by atoms with van der Waals surface area (Å²) in [6.45, 7) is 1.60. The van der Waals surface area contributed by atoms with Crippen molar-refractivity contribution in [2.24, 2.45) is 0 Å². The van der Waals surface area contributed by atoms with Crippen molar-refractivity contribution in [2.45, 2.75) is 18.2 Å². The largest absolute Gasteiger partial charge is 0.295 e. The van der Waals surface area contributed by atoms with Gasteiger partial charge in [0.25, 0.3) is 5.69 Å². The molecule has 2 atom stereocenters. The first-order valence-electron chi connectivity index (χ1n) is 5.15. The van der Waals surface area contributed by atoms with Crippen LogP contribution in [0.1, 0.15) is 17.0 Å². The van der Waals surface area contributed by atoms with Gasteiger partial charge in [-0.25, -0.2) is 0 Å². The monoisotopic (exact) mass is 268 g/mol. The molecule has 1 saturated heterocycles. The van der Waals surface area contributed by atoms with Crippen LogP contribution in [-0.2, 0) is 9.59 Å². The van der Waals surface area contributed by atoms with Crippen LogP contribution in [0.4, 0.5) is 5.69 Å². The standard InChI is InChI=1S/C11H9ClN2O4/c1-5-2-3-6(4-7(5)14(17)18)8-9(12)11(16)13-10(8)15/h2-4,8-9H,1H3,(H,13,15,16). The topological polar surface area (TPSA) is 89.3 Å². The van der Waals surface area contributed by atoms with E-state index in [4.69, 9.17) is 11.6 Å². The van der Waals surface area contributed by atoms with E-state index in [1.165, 1.54) is 12.1 Å². The van der Waals surface area contributed by atoms with Crippen LogP contribution in [0.25, 0.3) is 0 Å². The van der Waals surface area contributed by atoms with Crippen molar-refractivity contribution >= 4 is 29.1 Å². The van der Waals surface area contributed by atoms with Gasteiger partial charge in [-0.3, -0.25) is 25.0 Å². The van der Waals surface area contributed by atoms with Crippen molar-refractivity contribution in [3.05, 3.63) is 39.4 Å². The molecule has 2 rings (SSSR count). The van der Waals surface area contributed by atoms with Gasteiger partial charge in [0.2, 0.25) is 11.8 Å². The van der Waals surface area contributed by atoms with Crippen LogP contribution in [-0.4, -0.2) is 22.1 Å². The number of imide groups is 1. The number of nitro groups is 1. The molecule has 0 radical (unpaired) electrons. The lowest BCUT2D eigenvalue weighted by atomic mass is 9.95. The molecular weight excluding hydrogens is 260 g/mol. The Morgan fingerprint density at radius 2 is 2.00 bits per heavy atom. The van der Waals surface area contributed by atoms with Gasteiger partial charge in [-0.05, 0) is 12.5 Å². The first kappa shape index (κ1) is 12.5. The van der Waals surface area contributed by atoms with E-state index in [0.717, 1.165) is 0 Å². The van der Waals surface area contributed by atoms with E-state index in [1.54, 1.807) is 13.0 Å². The van der Waals surface area contributed by atoms with Gasteiger partial charge in [-0.15, -0.1) is 11.6 Å². The van der Waals surface area contributed by atoms with Crippen LogP contribution in [0.15, 0.2) is 18.2 Å². The fraction of sp³-hybridized carbons (Fsp3) is 0.273. The number of halogens is 1. The highest BCUT2D eigenvalue weighted by Gasteiger charge is 2.41. The van der Waals surface area contributed by atoms with Gasteiger partial charge in [-0.1, -0.05) is 12.1 Å². The zero-order valence-electron chi connectivity index (χ0n) is 9.34. The van der Waals surface area contributed by atoms with E-state index >= 15 is 0 Å². The molecule has 0 aliphatic carbocycles. The van der Waals surface area contributed by atoms with Gasteiger partial charge in [0.05, 0.1) is 10.8 Å². The predicted octanol–water partition coefficient (Wildman–Crippen LogP) is 1.25. The Balaban J connectivity index is 2.46. The Labute approximate surface area is 107 Å². The lowest BCUT2D eigenvalue weighted by Crippen LogP contribution is -2.22. The number of nitro benzene ring substituents is 1. The van der Waals surface area contributed by atoms with E-state index in [9.17, 15) is 19.7 Å². The zero-order chi connectivity index (χ0) is 13.4. The van der Waals surface area contributed by atoms with Crippen molar-refractivity contribution in [1.82, 2.24) is 5.32 Å². The third-order valence-electron chi connectivity index (χ3n) is 2.86. The van der Waals surface area contributed by atoms with E-state index in [-0.39, 0.29) is 5.69 Å². The second kappa shape index (κ2) is 4.38. The van der Waals surface area contributed by atoms with Crippen LogP contribution in [0.3, 0.4) is 0 Å². The summed E-state index contributed by atoms with van der Waals surface area (Å²) in [5.41, 5.74) is 0.763. The van der Waals surface area contributed by atoms with E-state index in [2.05, 4.69) is 5.32 Å². The van der Waals surface area contributed by atoms with Crippen LogP contribution in [0.2, 0.25) is 0 Å². The molecule has 0 bridgehead atoms. The Morgan fingerprint density at radius 3 is 2.50 bits per heavy atom. The molecule has 1 aliphatic heterocycles. The van der Waals surface area contributed by atoms with Crippen LogP contribution in [0.5, 0.6) is 0 Å². The second-order valence-electron chi connectivity index (χ2n) is 4.04. The van der Waals surface area contributed by atoms with Crippen molar-refractivity contribution < 1.29 is 14.5 Å². The molecule has 1 heterocycles. The lowest BCUT2D eigenvalue weighted by Gasteiger charge is -2.10. The Bertz CT molecular complexity index is 558. The fourth-order valence-electron chi connectivity index (χ4n) is 1.89. The summed E-state index contributed by atoms with van der Waals surface area (Å²) >= 11 is 5.83. The third-order valence-corrected chi connectivity index (χ3v) is 3.31. The van der Waals surface area contributed by atoms with Crippen molar-refractivity contribution in [3.8, 4) is 0 Å². The summed E-state index contributed by atoms with van der Waals surface area (Å²) in [6, 6.07) is 4.39. The smallest absolute Gasteiger partial charge is 0.272 e. The number of nitrogens with zero attached hydrogens (tertiary/aromatic N) is 1. The summed E-state index contributed by atoms with van der Waals surface area (Å²) in [5, 5.41) is 11.9. The first-order valence-corrected chi connectivity index (χ1v) is 5.59. The molecule has 1 aromatic rings. The quantitative estimate of drug-likeness (QED) is 0.378. The van der Waals surface area contributed by atoms with E-state index < -0.39 is 28.0 Å². The number of carbonyl (C=O) groups is 2. The molecule has 0 aromatic heterocycles. The number of hydrogen-bond acceptors (Lipinski definition) is 4. The molecule has 2 unspecified atom stereocenters. The fourth-order valence-corrected chi connectivity index (χ4v) is 2.20. The SMILES string of the molecule is Cc1ccc(C2C(=O)NC(=O)C2Cl)cc1[N+](=O)[O-]. The molecule has 2 amide bonds. The predicted molar refractivity (Wildman–Crippen MR) is 63.4 cm³/mol. The summed E-state index contributed by atoms with van der Waals surface area (Å²) in [6.07, 6.45) is 0. The second-order valence-corrected chi connectivity index (χ2v) is 4.51.